The van der Waals surface area contributed by atoms with Gasteiger partial charge in [0.15, 0.2) is 5.16 Å². The second-order valence-electron chi connectivity index (χ2n) is 7.06. The number of ether oxygens (including phenoxy) is 2. The Bertz CT molecular complexity index is 1030. The third-order valence-electron chi connectivity index (χ3n) is 4.69. The van der Waals surface area contributed by atoms with Crippen molar-refractivity contribution in [3.05, 3.63) is 48.5 Å². The summed E-state index contributed by atoms with van der Waals surface area (Å²) in [6.45, 7) is 3.65. The fourth-order valence-electron chi connectivity index (χ4n) is 2.84. The predicted molar refractivity (Wildman–Crippen MR) is 125 cm³/mol. The zero-order chi connectivity index (χ0) is 22.4. The van der Waals surface area contributed by atoms with E-state index in [1.54, 1.807) is 28.1 Å². The minimum atomic E-state index is -3.27. The van der Waals surface area contributed by atoms with Crippen LogP contribution in [0.1, 0.15) is 13.8 Å². The maximum Gasteiger partial charge on any atom is 0.213 e. The summed E-state index contributed by atoms with van der Waals surface area (Å²) < 4.78 is 37.0. The van der Waals surface area contributed by atoms with Crippen LogP contribution in [0, 0.1) is 0 Å². The van der Waals surface area contributed by atoms with Gasteiger partial charge in [0, 0.05) is 23.4 Å². The molecule has 31 heavy (non-hydrogen) atoms. The number of methoxy groups -OCH3 is 2. The summed E-state index contributed by atoms with van der Waals surface area (Å²) in [6, 6.07) is 15.5. The van der Waals surface area contributed by atoms with Gasteiger partial charge >= 0.3 is 0 Å². The Morgan fingerprint density at radius 1 is 0.968 bits per heavy atom. The molecule has 166 valence electrons. The van der Waals surface area contributed by atoms with E-state index in [2.05, 4.69) is 9.71 Å². The van der Waals surface area contributed by atoms with Crippen LogP contribution in [0.2, 0.25) is 0 Å². The number of sulfonamides is 1. The average molecular weight is 462 g/mol. The van der Waals surface area contributed by atoms with E-state index in [1.807, 2.05) is 48.5 Å². The van der Waals surface area contributed by atoms with E-state index in [9.17, 15) is 8.42 Å². The summed E-state index contributed by atoms with van der Waals surface area (Å²) in [6.07, 6.45) is 0. The summed E-state index contributed by atoms with van der Waals surface area (Å²) in [4.78, 5) is 8.17. The second kappa shape index (κ2) is 10.2. The summed E-state index contributed by atoms with van der Waals surface area (Å²) in [5, 5.41) is 0.268. The van der Waals surface area contributed by atoms with Gasteiger partial charge in [0.05, 0.1) is 30.9 Å². The van der Waals surface area contributed by atoms with E-state index >= 15 is 0 Å². The molecular formula is C22H27N3O4S2. The molecule has 0 unspecified atom stereocenters. The molecule has 2 aromatic carbocycles. The molecule has 7 nitrogen and oxygen atoms in total. The number of H-pyrrole nitrogens is 1. The van der Waals surface area contributed by atoms with Crippen molar-refractivity contribution in [3.63, 3.8) is 0 Å². The minimum Gasteiger partial charge on any atom is -0.497 e. The van der Waals surface area contributed by atoms with Crippen LogP contribution in [0.5, 0.6) is 11.5 Å². The molecule has 1 aromatic heterocycles. The molecule has 0 bridgehead atoms. The third kappa shape index (κ3) is 5.81. The van der Waals surface area contributed by atoms with Gasteiger partial charge in [0.25, 0.3) is 0 Å². The Morgan fingerprint density at radius 3 is 2.03 bits per heavy atom. The normalized spacial score (nSPS) is 11.6. The Morgan fingerprint density at radius 2 is 1.52 bits per heavy atom. The van der Waals surface area contributed by atoms with Gasteiger partial charge in [-0.2, -0.15) is 0 Å². The van der Waals surface area contributed by atoms with Gasteiger partial charge in [0.2, 0.25) is 10.0 Å². The van der Waals surface area contributed by atoms with Crippen LogP contribution in [0.4, 0.5) is 0 Å². The molecule has 3 rings (SSSR count). The predicted octanol–water partition coefficient (Wildman–Crippen LogP) is 4.18. The van der Waals surface area contributed by atoms with Gasteiger partial charge < -0.3 is 14.5 Å². The quantitative estimate of drug-likeness (QED) is 0.348. The average Bonchev–Trinajstić information content (AvgIpc) is 3.21. The number of aromatic nitrogens is 2. The van der Waals surface area contributed by atoms with E-state index in [0.717, 1.165) is 39.2 Å². The van der Waals surface area contributed by atoms with Gasteiger partial charge in [-0.3, -0.25) is 0 Å². The molecule has 0 atom stereocenters. The molecular weight excluding hydrogens is 434 g/mol. The number of hydrogen-bond donors (Lipinski definition) is 2. The van der Waals surface area contributed by atoms with Crippen LogP contribution in [0.25, 0.3) is 22.5 Å². The Hall–Kier alpha value is -2.49. The van der Waals surface area contributed by atoms with Gasteiger partial charge in [-0.1, -0.05) is 11.8 Å². The monoisotopic (exact) mass is 461 g/mol. The Labute approximate surface area is 187 Å². The van der Waals surface area contributed by atoms with Crippen LogP contribution in [-0.4, -0.2) is 50.2 Å². The highest BCUT2D eigenvalue weighted by atomic mass is 32.2. The number of hydrogen-bond acceptors (Lipinski definition) is 6. The molecule has 0 saturated carbocycles. The maximum atomic E-state index is 11.9. The van der Waals surface area contributed by atoms with Gasteiger partial charge in [-0.15, -0.1) is 0 Å². The fourth-order valence-corrected chi connectivity index (χ4v) is 4.42. The lowest BCUT2D eigenvalue weighted by molar-refractivity contribution is 0.414. The zero-order valence-corrected chi connectivity index (χ0v) is 19.6. The molecule has 0 spiro atoms. The topological polar surface area (TPSA) is 93.3 Å². The molecule has 3 aromatic rings. The van der Waals surface area contributed by atoms with Crippen molar-refractivity contribution < 1.29 is 17.9 Å². The molecule has 1 heterocycles. The first-order chi connectivity index (χ1) is 14.8. The molecule has 0 aliphatic carbocycles. The van der Waals surface area contributed by atoms with Crippen molar-refractivity contribution in [3.8, 4) is 34.0 Å². The SMILES string of the molecule is COc1ccc(-c2nc(SCCNS(=O)(=O)C(C)C)[nH]c2-c2ccc(OC)cc2)cc1. The lowest BCUT2D eigenvalue weighted by Gasteiger charge is -2.08. The van der Waals surface area contributed by atoms with Crippen LogP contribution in [-0.2, 0) is 10.0 Å². The number of rotatable bonds is 10. The zero-order valence-electron chi connectivity index (χ0n) is 18.0. The number of nitrogens with one attached hydrogen (secondary N) is 2. The van der Waals surface area contributed by atoms with Gasteiger partial charge in [0.1, 0.15) is 11.5 Å². The fraction of sp³-hybridized carbons (Fsp3) is 0.318. The minimum absolute atomic E-state index is 0.335. The Kier molecular flexibility index (Phi) is 7.64. The first-order valence-electron chi connectivity index (χ1n) is 9.84. The summed E-state index contributed by atoms with van der Waals surface area (Å²) >= 11 is 1.47. The smallest absolute Gasteiger partial charge is 0.213 e. The molecule has 0 amide bonds. The van der Waals surface area contributed by atoms with Crippen molar-refractivity contribution in [2.24, 2.45) is 0 Å². The summed E-state index contributed by atoms with van der Waals surface area (Å²) in [5.74, 6) is 2.11. The van der Waals surface area contributed by atoms with E-state index in [1.165, 1.54) is 11.8 Å². The molecule has 0 aliphatic rings. The van der Waals surface area contributed by atoms with Crippen molar-refractivity contribution in [1.82, 2.24) is 14.7 Å². The summed E-state index contributed by atoms with van der Waals surface area (Å²) in [7, 11) is -0.00377. The second-order valence-corrected chi connectivity index (χ2v) is 10.5. The van der Waals surface area contributed by atoms with Crippen LogP contribution in [0.3, 0.4) is 0 Å². The molecule has 9 heteroatoms. The lowest BCUT2D eigenvalue weighted by Crippen LogP contribution is -2.32. The maximum absolute atomic E-state index is 11.9. The molecule has 0 fully saturated rings. The largest absolute Gasteiger partial charge is 0.497 e. The third-order valence-corrected chi connectivity index (χ3v) is 7.41. The summed E-state index contributed by atoms with van der Waals surface area (Å²) in [5.41, 5.74) is 3.64. The molecule has 2 N–H and O–H groups in total. The highest BCUT2D eigenvalue weighted by Gasteiger charge is 2.17. The van der Waals surface area contributed by atoms with Crippen LogP contribution in [0.15, 0.2) is 53.7 Å². The van der Waals surface area contributed by atoms with E-state index in [-0.39, 0.29) is 0 Å². The lowest BCUT2D eigenvalue weighted by atomic mass is 10.0. The number of imidazole rings is 1. The molecule has 0 aliphatic heterocycles. The van der Waals surface area contributed by atoms with Crippen LogP contribution < -0.4 is 14.2 Å². The van der Waals surface area contributed by atoms with Crippen LogP contribution >= 0.6 is 11.8 Å². The van der Waals surface area contributed by atoms with E-state index < -0.39 is 15.3 Å². The van der Waals surface area contributed by atoms with E-state index in [4.69, 9.17) is 14.5 Å². The molecule has 0 radical (unpaired) electrons. The first-order valence-corrected chi connectivity index (χ1v) is 12.4. The highest BCUT2D eigenvalue weighted by Crippen LogP contribution is 2.34. The first kappa shape index (κ1) is 23.2. The van der Waals surface area contributed by atoms with Crippen molar-refractivity contribution in [2.45, 2.75) is 24.3 Å². The number of benzene rings is 2. The number of thioether (sulfide) groups is 1. The van der Waals surface area contributed by atoms with Crippen molar-refractivity contribution in [2.75, 3.05) is 26.5 Å². The number of aromatic amines is 1. The highest BCUT2D eigenvalue weighted by molar-refractivity contribution is 7.99. The number of nitrogens with zero attached hydrogens (tertiary/aromatic N) is 1. The van der Waals surface area contributed by atoms with Gasteiger partial charge in [-0.25, -0.2) is 18.1 Å². The van der Waals surface area contributed by atoms with Gasteiger partial charge in [-0.05, 0) is 62.4 Å². The van der Waals surface area contributed by atoms with E-state index in [0.29, 0.717) is 12.3 Å². The standard InChI is InChI=1S/C22H27N3O4S2/c1-15(2)31(26,27)23-13-14-30-22-24-20(16-5-9-18(28-3)10-6-16)21(25-22)17-7-11-19(29-4)12-8-17/h5-12,15,23H,13-14H2,1-4H3,(H,24,25). The van der Waals surface area contributed by atoms with Crippen molar-refractivity contribution in [1.29, 1.82) is 0 Å². The Balaban J connectivity index is 1.84. The van der Waals surface area contributed by atoms with Crippen molar-refractivity contribution >= 4 is 21.8 Å². The molecule has 0 saturated heterocycles.